The van der Waals surface area contributed by atoms with Crippen molar-refractivity contribution in [3.8, 4) is 0 Å². The summed E-state index contributed by atoms with van der Waals surface area (Å²) >= 11 is 0. The van der Waals surface area contributed by atoms with E-state index in [1.54, 1.807) is 0 Å². The highest BCUT2D eigenvalue weighted by molar-refractivity contribution is 5.55. The van der Waals surface area contributed by atoms with Crippen molar-refractivity contribution in [3.63, 3.8) is 0 Å². The molecule has 3 rings (SSSR count). The quantitative estimate of drug-likeness (QED) is 0.842. The molecule has 0 N–H and O–H groups in total. The number of fused-ring (bicyclic) bond motifs is 1. The Bertz CT molecular complexity index is 641. The fourth-order valence-electron chi connectivity index (χ4n) is 3.69. The minimum atomic E-state index is 0.382. The lowest BCUT2D eigenvalue weighted by Gasteiger charge is -2.21. The van der Waals surface area contributed by atoms with Gasteiger partial charge in [0.1, 0.15) is 17.6 Å². The van der Waals surface area contributed by atoms with Crippen molar-refractivity contribution in [1.29, 1.82) is 0 Å². The number of hydrogen-bond acceptors (Lipinski definition) is 3. The van der Waals surface area contributed by atoms with Crippen LogP contribution in [-0.4, -0.2) is 18.2 Å². The van der Waals surface area contributed by atoms with Gasteiger partial charge in [-0.3, -0.25) is 0 Å². The summed E-state index contributed by atoms with van der Waals surface area (Å²) in [6, 6.07) is 4.62. The predicted octanol–water partition coefficient (Wildman–Crippen LogP) is 4.22. The number of aryl methyl sites for hydroxylation is 2. The van der Waals surface area contributed by atoms with Crippen molar-refractivity contribution in [3.05, 3.63) is 46.3 Å². The summed E-state index contributed by atoms with van der Waals surface area (Å²) in [5, 5.41) is 4.36. The van der Waals surface area contributed by atoms with E-state index >= 15 is 0 Å². The lowest BCUT2D eigenvalue weighted by molar-refractivity contribution is 0.408. The Morgan fingerprint density at radius 2 is 2.00 bits per heavy atom. The van der Waals surface area contributed by atoms with Crippen LogP contribution >= 0.6 is 0 Å². The van der Waals surface area contributed by atoms with E-state index < -0.39 is 0 Å². The van der Waals surface area contributed by atoms with Gasteiger partial charge in [-0.2, -0.15) is 0 Å². The van der Waals surface area contributed by atoms with Gasteiger partial charge in [-0.1, -0.05) is 22.9 Å². The summed E-state index contributed by atoms with van der Waals surface area (Å²) in [6.45, 7) is 10.7. The highest BCUT2D eigenvalue weighted by atomic mass is 16.5. The maximum atomic E-state index is 5.33. The Balaban J connectivity index is 2.04. The molecule has 3 nitrogen and oxygen atoms in total. The molecule has 0 spiro atoms. The molecule has 1 unspecified atom stereocenters. The molecule has 0 fully saturated rings. The van der Waals surface area contributed by atoms with Crippen LogP contribution in [0.1, 0.15) is 54.1 Å². The molecule has 2 aromatic rings. The van der Waals surface area contributed by atoms with Crippen molar-refractivity contribution in [2.24, 2.45) is 0 Å². The van der Waals surface area contributed by atoms with Gasteiger partial charge in [0.05, 0.1) is 0 Å². The first-order valence-corrected chi connectivity index (χ1v) is 7.94. The average Bonchev–Trinajstić information content (AvgIpc) is 3.06. The Hall–Kier alpha value is -1.77. The third kappa shape index (κ3) is 2.35. The third-order valence-corrected chi connectivity index (χ3v) is 4.72. The molecule has 0 saturated heterocycles. The zero-order valence-corrected chi connectivity index (χ0v) is 13.4. The van der Waals surface area contributed by atoms with Crippen LogP contribution in [0.2, 0.25) is 0 Å². The number of nitrogens with zero attached hydrogens (tertiary/aromatic N) is 2. The average molecular weight is 284 g/mol. The lowest BCUT2D eigenvalue weighted by atomic mass is 9.93. The summed E-state index contributed by atoms with van der Waals surface area (Å²) < 4.78 is 5.33. The number of anilines is 1. The van der Waals surface area contributed by atoms with Gasteiger partial charge in [0, 0.05) is 19.0 Å². The largest absolute Gasteiger partial charge is 0.368 e. The van der Waals surface area contributed by atoms with Crippen LogP contribution in [-0.2, 0) is 6.42 Å². The molecule has 1 atom stereocenters. The highest BCUT2D eigenvalue weighted by Gasteiger charge is 2.30. The van der Waals surface area contributed by atoms with Gasteiger partial charge in [-0.25, -0.2) is 0 Å². The van der Waals surface area contributed by atoms with Crippen molar-refractivity contribution in [1.82, 2.24) is 5.16 Å². The maximum absolute atomic E-state index is 5.33. The van der Waals surface area contributed by atoms with Crippen LogP contribution < -0.4 is 4.90 Å². The monoisotopic (exact) mass is 284 g/mol. The second-order valence-electron chi connectivity index (χ2n) is 6.00. The molecule has 1 aliphatic rings. The smallest absolute Gasteiger partial charge is 0.147 e. The molecule has 1 heterocycles. The standard InChI is InChI=1S/C18H24N2O/c1-5-20(6-2)17-11-21-19-18(17)15-8-7-14-13(4)9-12(3)10-16(14)15/h9-11,15H,5-8H2,1-4H3. The molecule has 0 amide bonds. The maximum Gasteiger partial charge on any atom is 0.147 e. The molecule has 3 heteroatoms. The van der Waals surface area contributed by atoms with Gasteiger partial charge in [-0.05, 0) is 57.2 Å². The minimum Gasteiger partial charge on any atom is -0.368 e. The van der Waals surface area contributed by atoms with E-state index in [0.29, 0.717) is 5.92 Å². The molecule has 1 aromatic carbocycles. The van der Waals surface area contributed by atoms with Crippen molar-refractivity contribution in [2.45, 2.75) is 46.5 Å². The van der Waals surface area contributed by atoms with Gasteiger partial charge in [0.15, 0.2) is 0 Å². The topological polar surface area (TPSA) is 29.3 Å². The third-order valence-electron chi connectivity index (χ3n) is 4.72. The van der Waals surface area contributed by atoms with Gasteiger partial charge in [0.25, 0.3) is 0 Å². The Labute approximate surface area is 126 Å². The Morgan fingerprint density at radius 1 is 1.24 bits per heavy atom. The van der Waals surface area contributed by atoms with Crippen molar-refractivity contribution >= 4 is 5.69 Å². The molecule has 112 valence electrons. The minimum absolute atomic E-state index is 0.382. The second kappa shape index (κ2) is 5.55. The molecule has 0 radical (unpaired) electrons. The number of aromatic nitrogens is 1. The summed E-state index contributed by atoms with van der Waals surface area (Å²) in [4.78, 5) is 2.33. The molecule has 21 heavy (non-hydrogen) atoms. The van der Waals surface area contributed by atoms with Crippen LogP contribution in [0, 0.1) is 13.8 Å². The van der Waals surface area contributed by atoms with Gasteiger partial charge in [0.2, 0.25) is 0 Å². The molecule has 0 saturated carbocycles. The fraction of sp³-hybridized carbons (Fsp3) is 0.500. The molecule has 1 aromatic heterocycles. The number of rotatable bonds is 4. The summed E-state index contributed by atoms with van der Waals surface area (Å²) in [6.07, 6.45) is 4.10. The second-order valence-corrected chi connectivity index (χ2v) is 6.00. The van der Waals surface area contributed by atoms with Gasteiger partial charge < -0.3 is 9.42 Å². The van der Waals surface area contributed by atoms with E-state index in [9.17, 15) is 0 Å². The molecule has 0 bridgehead atoms. The van der Waals surface area contributed by atoms with Crippen molar-refractivity contribution < 1.29 is 4.52 Å². The Kier molecular flexibility index (Phi) is 3.75. The van der Waals surface area contributed by atoms with E-state index in [0.717, 1.165) is 37.3 Å². The first kappa shape index (κ1) is 14.2. The first-order valence-electron chi connectivity index (χ1n) is 7.94. The molecule has 1 aliphatic carbocycles. The van der Waals surface area contributed by atoms with Crippen LogP contribution in [0.3, 0.4) is 0 Å². The predicted molar refractivity (Wildman–Crippen MR) is 86.1 cm³/mol. The SMILES string of the molecule is CCN(CC)c1conc1C1CCc2c(C)cc(C)cc21. The van der Waals surface area contributed by atoms with E-state index in [4.69, 9.17) is 4.52 Å². The van der Waals surface area contributed by atoms with Crippen LogP contribution in [0.5, 0.6) is 0 Å². The van der Waals surface area contributed by atoms with Gasteiger partial charge in [-0.15, -0.1) is 0 Å². The zero-order valence-electron chi connectivity index (χ0n) is 13.4. The van der Waals surface area contributed by atoms with Crippen LogP contribution in [0.4, 0.5) is 5.69 Å². The Morgan fingerprint density at radius 3 is 2.71 bits per heavy atom. The van der Waals surface area contributed by atoms with E-state index in [1.807, 2.05) is 6.26 Å². The van der Waals surface area contributed by atoms with Crippen LogP contribution in [0.15, 0.2) is 22.9 Å². The lowest BCUT2D eigenvalue weighted by Crippen LogP contribution is -2.23. The fourth-order valence-corrected chi connectivity index (χ4v) is 3.69. The summed E-state index contributed by atoms with van der Waals surface area (Å²) in [7, 11) is 0. The summed E-state index contributed by atoms with van der Waals surface area (Å²) in [5.41, 5.74) is 8.00. The van der Waals surface area contributed by atoms with Crippen molar-refractivity contribution in [2.75, 3.05) is 18.0 Å². The summed E-state index contributed by atoms with van der Waals surface area (Å²) in [5.74, 6) is 0.382. The van der Waals surface area contributed by atoms with E-state index in [1.165, 1.54) is 22.3 Å². The zero-order chi connectivity index (χ0) is 15.0. The first-order chi connectivity index (χ1) is 10.2. The number of benzene rings is 1. The van der Waals surface area contributed by atoms with Crippen LogP contribution in [0.25, 0.3) is 0 Å². The molecular weight excluding hydrogens is 260 g/mol. The normalized spacial score (nSPS) is 17.0. The van der Waals surface area contributed by atoms with Gasteiger partial charge >= 0.3 is 0 Å². The highest BCUT2D eigenvalue weighted by Crippen LogP contribution is 2.42. The molecule has 0 aliphatic heterocycles. The molecular formula is C18H24N2O. The van der Waals surface area contributed by atoms with E-state index in [2.05, 4.69) is 49.9 Å². The number of hydrogen-bond donors (Lipinski definition) is 0. The van der Waals surface area contributed by atoms with E-state index in [-0.39, 0.29) is 0 Å².